The van der Waals surface area contributed by atoms with E-state index in [4.69, 9.17) is 23.2 Å². The fourth-order valence-electron chi connectivity index (χ4n) is 3.07. The lowest BCUT2D eigenvalue weighted by atomic mass is 9.84. The average Bonchev–Trinajstić information content (AvgIpc) is 2.70. The highest BCUT2D eigenvalue weighted by Gasteiger charge is 2.33. The summed E-state index contributed by atoms with van der Waals surface area (Å²) in [5.41, 5.74) is 1.66. The van der Waals surface area contributed by atoms with Crippen LogP contribution in [-0.4, -0.2) is 23.0 Å². The van der Waals surface area contributed by atoms with Crippen molar-refractivity contribution in [1.82, 2.24) is 5.32 Å². The van der Waals surface area contributed by atoms with Crippen LogP contribution in [0, 0.1) is 0 Å². The number of hydrogen-bond donors (Lipinski definition) is 2. The average molecular weight is 414 g/mol. The Morgan fingerprint density at radius 1 is 0.857 bits per heavy atom. The molecule has 0 fully saturated rings. The molecule has 1 amide bonds. The molecule has 0 aliphatic rings. The highest BCUT2D eigenvalue weighted by atomic mass is 35.5. The molecule has 0 radical (unpaired) electrons. The number of carboxylic acid groups (broad SMARTS) is 1. The SMILES string of the molecule is O=C(NC(C(=O)O)C(c1ccccc1)c1ccc(Cl)cc1Cl)c1ccccc1. The summed E-state index contributed by atoms with van der Waals surface area (Å²) in [4.78, 5) is 24.8. The van der Waals surface area contributed by atoms with E-state index in [0.29, 0.717) is 26.7 Å². The third-order valence-electron chi connectivity index (χ3n) is 4.38. The number of carbonyl (C=O) groups excluding carboxylic acids is 1. The highest BCUT2D eigenvalue weighted by Crippen LogP contribution is 2.35. The van der Waals surface area contributed by atoms with Gasteiger partial charge in [0.25, 0.3) is 5.91 Å². The Kier molecular flexibility index (Phi) is 6.34. The van der Waals surface area contributed by atoms with E-state index >= 15 is 0 Å². The normalized spacial score (nSPS) is 12.8. The molecule has 3 rings (SSSR count). The van der Waals surface area contributed by atoms with Crippen molar-refractivity contribution in [1.29, 1.82) is 0 Å². The second-order valence-electron chi connectivity index (χ2n) is 6.21. The lowest BCUT2D eigenvalue weighted by Gasteiger charge is -2.27. The van der Waals surface area contributed by atoms with Crippen LogP contribution in [-0.2, 0) is 4.79 Å². The minimum absolute atomic E-state index is 0.335. The Bertz CT molecular complexity index is 978. The molecule has 2 atom stereocenters. The third kappa shape index (κ3) is 4.53. The van der Waals surface area contributed by atoms with Gasteiger partial charge in [-0.15, -0.1) is 0 Å². The summed E-state index contributed by atoms with van der Waals surface area (Å²) in [6.07, 6.45) is 0. The first-order chi connectivity index (χ1) is 13.5. The molecule has 6 heteroatoms. The molecule has 142 valence electrons. The number of hydrogen-bond acceptors (Lipinski definition) is 2. The van der Waals surface area contributed by atoms with Gasteiger partial charge in [0, 0.05) is 21.5 Å². The molecule has 0 heterocycles. The number of halogens is 2. The van der Waals surface area contributed by atoms with Gasteiger partial charge in [-0.1, -0.05) is 77.8 Å². The predicted octanol–water partition coefficient (Wildman–Crippen LogP) is 5.01. The van der Waals surface area contributed by atoms with E-state index < -0.39 is 23.8 Å². The molecule has 0 saturated carbocycles. The summed E-state index contributed by atoms with van der Waals surface area (Å²) in [5.74, 6) is -2.33. The molecule has 2 N–H and O–H groups in total. The van der Waals surface area contributed by atoms with Gasteiger partial charge in [-0.2, -0.15) is 0 Å². The van der Waals surface area contributed by atoms with Gasteiger partial charge in [-0.3, -0.25) is 4.79 Å². The van der Waals surface area contributed by atoms with E-state index in [0.717, 1.165) is 0 Å². The van der Waals surface area contributed by atoms with Crippen molar-refractivity contribution in [3.8, 4) is 0 Å². The van der Waals surface area contributed by atoms with Crippen LogP contribution >= 0.6 is 23.2 Å². The number of amides is 1. The molecular formula is C22H17Cl2NO3. The van der Waals surface area contributed by atoms with Gasteiger partial charge in [0.2, 0.25) is 0 Å². The first kappa shape index (κ1) is 19.9. The Morgan fingerprint density at radius 3 is 2.04 bits per heavy atom. The van der Waals surface area contributed by atoms with Gasteiger partial charge < -0.3 is 10.4 Å². The van der Waals surface area contributed by atoms with E-state index in [9.17, 15) is 14.7 Å². The Morgan fingerprint density at radius 2 is 1.46 bits per heavy atom. The quantitative estimate of drug-likeness (QED) is 0.596. The van der Waals surface area contributed by atoms with Crippen LogP contribution in [0.1, 0.15) is 27.4 Å². The lowest BCUT2D eigenvalue weighted by Crippen LogP contribution is -2.45. The smallest absolute Gasteiger partial charge is 0.327 e. The molecule has 0 spiro atoms. The molecular weight excluding hydrogens is 397 g/mol. The van der Waals surface area contributed by atoms with Crippen LogP contribution in [0.25, 0.3) is 0 Å². The number of nitrogens with one attached hydrogen (secondary N) is 1. The van der Waals surface area contributed by atoms with Gasteiger partial charge in [0.1, 0.15) is 6.04 Å². The molecule has 0 saturated heterocycles. The summed E-state index contributed by atoms with van der Waals surface area (Å²) in [6.45, 7) is 0. The third-order valence-corrected chi connectivity index (χ3v) is 4.94. The highest BCUT2D eigenvalue weighted by molar-refractivity contribution is 6.35. The van der Waals surface area contributed by atoms with Crippen LogP contribution in [0.2, 0.25) is 10.0 Å². The summed E-state index contributed by atoms with van der Waals surface area (Å²) in [5, 5.41) is 13.3. The number of carboxylic acids is 1. The van der Waals surface area contributed by atoms with E-state index in [1.807, 2.05) is 18.2 Å². The number of rotatable bonds is 6. The van der Waals surface area contributed by atoms with Crippen molar-refractivity contribution in [2.75, 3.05) is 0 Å². The molecule has 0 aliphatic carbocycles. The standard InChI is InChI=1S/C22H17Cl2NO3/c23-16-11-12-17(18(24)13-16)19(14-7-3-1-4-8-14)20(22(27)28)25-21(26)15-9-5-2-6-10-15/h1-13,19-20H,(H,25,26)(H,27,28). The van der Waals surface area contributed by atoms with Crippen LogP contribution in [0.15, 0.2) is 78.9 Å². The minimum atomic E-state index is -1.23. The monoisotopic (exact) mass is 413 g/mol. The van der Waals surface area contributed by atoms with Crippen LogP contribution in [0.3, 0.4) is 0 Å². The van der Waals surface area contributed by atoms with Crippen LogP contribution in [0.5, 0.6) is 0 Å². The first-order valence-electron chi connectivity index (χ1n) is 8.56. The zero-order valence-electron chi connectivity index (χ0n) is 14.7. The maximum Gasteiger partial charge on any atom is 0.327 e. The fourth-order valence-corrected chi connectivity index (χ4v) is 3.59. The summed E-state index contributed by atoms with van der Waals surface area (Å²) >= 11 is 12.4. The maximum absolute atomic E-state index is 12.6. The summed E-state index contributed by atoms with van der Waals surface area (Å²) in [7, 11) is 0. The second-order valence-corrected chi connectivity index (χ2v) is 7.05. The zero-order valence-corrected chi connectivity index (χ0v) is 16.2. The number of carbonyl (C=O) groups is 2. The fraction of sp³-hybridized carbons (Fsp3) is 0.0909. The van der Waals surface area contributed by atoms with Crippen LogP contribution in [0.4, 0.5) is 0 Å². The van der Waals surface area contributed by atoms with Gasteiger partial charge >= 0.3 is 5.97 Å². The molecule has 28 heavy (non-hydrogen) atoms. The topological polar surface area (TPSA) is 66.4 Å². The van der Waals surface area contributed by atoms with E-state index in [-0.39, 0.29) is 0 Å². The molecule has 4 nitrogen and oxygen atoms in total. The predicted molar refractivity (Wildman–Crippen MR) is 110 cm³/mol. The Hall–Kier alpha value is -2.82. The minimum Gasteiger partial charge on any atom is -0.480 e. The van der Waals surface area contributed by atoms with E-state index in [2.05, 4.69) is 5.32 Å². The molecule has 3 aromatic rings. The largest absolute Gasteiger partial charge is 0.480 e. The first-order valence-corrected chi connectivity index (χ1v) is 9.31. The van der Waals surface area contributed by atoms with Crippen molar-refractivity contribution >= 4 is 35.1 Å². The van der Waals surface area contributed by atoms with Crippen molar-refractivity contribution in [3.63, 3.8) is 0 Å². The molecule has 0 aromatic heterocycles. The van der Waals surface area contributed by atoms with E-state index in [1.165, 1.54) is 0 Å². The van der Waals surface area contributed by atoms with Crippen molar-refractivity contribution in [2.45, 2.75) is 12.0 Å². The molecule has 3 aromatic carbocycles. The van der Waals surface area contributed by atoms with Gasteiger partial charge in [-0.25, -0.2) is 4.79 Å². The second kappa shape index (κ2) is 8.91. The summed E-state index contributed by atoms with van der Waals surface area (Å²) < 4.78 is 0. The zero-order chi connectivity index (χ0) is 20.1. The summed E-state index contributed by atoms with van der Waals surface area (Å²) in [6, 6.07) is 21.2. The van der Waals surface area contributed by atoms with Crippen LogP contribution < -0.4 is 5.32 Å². The Balaban J connectivity index is 2.05. The van der Waals surface area contributed by atoms with Crippen molar-refractivity contribution in [2.24, 2.45) is 0 Å². The molecule has 2 unspecified atom stereocenters. The number of benzene rings is 3. The van der Waals surface area contributed by atoms with E-state index in [1.54, 1.807) is 60.7 Å². The number of aliphatic carboxylic acids is 1. The van der Waals surface area contributed by atoms with Gasteiger partial charge in [0.15, 0.2) is 0 Å². The van der Waals surface area contributed by atoms with Crippen molar-refractivity contribution < 1.29 is 14.7 Å². The van der Waals surface area contributed by atoms with Gasteiger partial charge in [-0.05, 0) is 35.4 Å². The maximum atomic E-state index is 12.6. The van der Waals surface area contributed by atoms with Crippen molar-refractivity contribution in [3.05, 3.63) is 106 Å². The molecule has 0 aliphatic heterocycles. The molecule has 0 bridgehead atoms. The van der Waals surface area contributed by atoms with Gasteiger partial charge in [0.05, 0.1) is 0 Å². The lowest BCUT2D eigenvalue weighted by molar-refractivity contribution is -0.139. The Labute approximate surface area is 172 Å².